The summed E-state index contributed by atoms with van der Waals surface area (Å²) < 4.78 is 5.25. The van der Waals surface area contributed by atoms with Crippen LogP contribution in [0.3, 0.4) is 0 Å². The van der Waals surface area contributed by atoms with Gasteiger partial charge >= 0.3 is 0 Å². The van der Waals surface area contributed by atoms with Crippen LogP contribution in [0.4, 0.5) is 11.4 Å². The highest BCUT2D eigenvalue weighted by Crippen LogP contribution is 2.31. The molecule has 27 heavy (non-hydrogen) atoms. The van der Waals surface area contributed by atoms with Crippen LogP contribution in [0.1, 0.15) is 24.5 Å². The summed E-state index contributed by atoms with van der Waals surface area (Å²) in [5.74, 6) is -0.0142. The van der Waals surface area contributed by atoms with E-state index in [2.05, 4.69) is 5.32 Å². The molecule has 0 saturated heterocycles. The van der Waals surface area contributed by atoms with Gasteiger partial charge in [0.2, 0.25) is 11.8 Å². The van der Waals surface area contributed by atoms with Gasteiger partial charge in [-0.15, -0.1) is 0 Å². The predicted molar refractivity (Wildman–Crippen MR) is 105 cm³/mol. The van der Waals surface area contributed by atoms with Crippen LogP contribution in [0, 0.1) is 18.3 Å². The minimum absolute atomic E-state index is 0.0845. The van der Waals surface area contributed by atoms with Crippen molar-refractivity contribution in [2.75, 3.05) is 23.9 Å². The lowest BCUT2D eigenvalue weighted by atomic mass is 10.2. The maximum absolute atomic E-state index is 12.4. The number of amides is 2. The Kier molecular flexibility index (Phi) is 6.80. The number of carbonyl (C=O) groups excluding carboxylic acids is 2. The quantitative estimate of drug-likeness (QED) is 0.817. The van der Waals surface area contributed by atoms with E-state index in [1.54, 1.807) is 36.4 Å². The molecule has 2 aromatic rings. The first-order chi connectivity index (χ1) is 12.8. The third-order valence-corrected chi connectivity index (χ3v) is 4.39. The predicted octanol–water partition coefficient (Wildman–Crippen LogP) is 3.91. The fraction of sp³-hybridized carbons (Fsp3) is 0.250. The summed E-state index contributed by atoms with van der Waals surface area (Å²) in [7, 11) is 1.50. The summed E-state index contributed by atoms with van der Waals surface area (Å²) in [6.07, 6.45) is 0.0845. The number of ether oxygens (including phenoxy) is 1. The van der Waals surface area contributed by atoms with Crippen molar-refractivity contribution >= 4 is 34.8 Å². The smallest absolute Gasteiger partial charge is 0.226 e. The Labute approximate surface area is 163 Å². The van der Waals surface area contributed by atoms with Crippen LogP contribution in [-0.4, -0.2) is 25.5 Å². The van der Waals surface area contributed by atoms with E-state index in [0.717, 1.165) is 5.56 Å². The summed E-state index contributed by atoms with van der Waals surface area (Å²) in [4.78, 5) is 25.8. The second-order valence-corrected chi connectivity index (χ2v) is 6.34. The van der Waals surface area contributed by atoms with E-state index in [1.165, 1.54) is 18.9 Å². The Morgan fingerprint density at radius 3 is 2.67 bits per heavy atom. The molecule has 0 saturated carbocycles. The molecule has 2 aromatic carbocycles. The first kappa shape index (κ1) is 20.3. The number of nitrogens with zero attached hydrogens (tertiary/aromatic N) is 2. The molecule has 0 atom stereocenters. The van der Waals surface area contributed by atoms with E-state index in [9.17, 15) is 9.59 Å². The molecule has 6 nitrogen and oxygen atoms in total. The second-order valence-electron chi connectivity index (χ2n) is 5.93. The number of anilines is 2. The van der Waals surface area contributed by atoms with E-state index in [-0.39, 0.29) is 24.8 Å². The number of hydrogen-bond acceptors (Lipinski definition) is 4. The van der Waals surface area contributed by atoms with Crippen LogP contribution in [0.5, 0.6) is 5.75 Å². The molecule has 0 spiro atoms. The van der Waals surface area contributed by atoms with Crippen molar-refractivity contribution in [1.29, 1.82) is 5.26 Å². The Morgan fingerprint density at radius 2 is 2.04 bits per heavy atom. The summed E-state index contributed by atoms with van der Waals surface area (Å²) in [6, 6.07) is 12.1. The number of rotatable bonds is 6. The average Bonchev–Trinajstić information content (AvgIpc) is 2.64. The van der Waals surface area contributed by atoms with E-state index in [0.29, 0.717) is 27.7 Å². The highest BCUT2D eigenvalue weighted by Gasteiger charge is 2.15. The van der Waals surface area contributed by atoms with Crippen molar-refractivity contribution in [3.8, 4) is 11.8 Å². The zero-order valence-corrected chi connectivity index (χ0v) is 16.1. The van der Waals surface area contributed by atoms with Gasteiger partial charge in [-0.2, -0.15) is 5.26 Å². The second kappa shape index (κ2) is 9.06. The molecule has 0 unspecified atom stereocenters. The van der Waals surface area contributed by atoms with Crippen LogP contribution in [-0.2, 0) is 9.59 Å². The standard InChI is InChI=1S/C20H20ClN3O3/c1-13-9-18(19(27-3)11-17(13)21)23-20(26)7-8-24(14(2)25)16-6-4-5-15(10-16)12-22/h4-6,9-11H,7-8H2,1-3H3,(H,23,26). The minimum Gasteiger partial charge on any atom is -0.495 e. The van der Waals surface area contributed by atoms with Gasteiger partial charge in [0.15, 0.2) is 0 Å². The molecule has 0 radical (unpaired) electrons. The lowest BCUT2D eigenvalue weighted by Gasteiger charge is -2.21. The van der Waals surface area contributed by atoms with Gasteiger partial charge in [0.05, 0.1) is 24.4 Å². The van der Waals surface area contributed by atoms with Crippen LogP contribution >= 0.6 is 11.6 Å². The number of nitriles is 1. The fourth-order valence-corrected chi connectivity index (χ4v) is 2.72. The minimum atomic E-state index is -0.266. The Balaban J connectivity index is 2.10. The molecule has 1 N–H and O–H groups in total. The molecule has 140 valence electrons. The summed E-state index contributed by atoms with van der Waals surface area (Å²) >= 11 is 6.07. The third kappa shape index (κ3) is 5.22. The monoisotopic (exact) mass is 385 g/mol. The highest BCUT2D eigenvalue weighted by atomic mass is 35.5. The van der Waals surface area contributed by atoms with E-state index < -0.39 is 0 Å². The number of aryl methyl sites for hydroxylation is 1. The van der Waals surface area contributed by atoms with Gasteiger partial charge in [0.25, 0.3) is 0 Å². The molecule has 0 aromatic heterocycles. The summed E-state index contributed by atoms with van der Waals surface area (Å²) in [6.45, 7) is 3.44. The molecule has 0 aliphatic rings. The lowest BCUT2D eigenvalue weighted by molar-refractivity contribution is -0.117. The zero-order valence-electron chi connectivity index (χ0n) is 15.4. The maximum atomic E-state index is 12.4. The molecule has 2 rings (SSSR count). The number of halogens is 1. The molecule has 0 bridgehead atoms. The zero-order chi connectivity index (χ0) is 20.0. The van der Waals surface area contributed by atoms with Gasteiger partial charge in [-0.3, -0.25) is 9.59 Å². The molecular formula is C20H20ClN3O3. The number of hydrogen-bond donors (Lipinski definition) is 1. The van der Waals surface area contributed by atoms with Crippen LogP contribution in [0.25, 0.3) is 0 Å². The van der Waals surface area contributed by atoms with Crippen LogP contribution in [0.2, 0.25) is 5.02 Å². The van der Waals surface area contributed by atoms with Crippen molar-refractivity contribution < 1.29 is 14.3 Å². The third-order valence-electron chi connectivity index (χ3n) is 3.98. The number of benzene rings is 2. The molecule has 7 heteroatoms. The van der Waals surface area contributed by atoms with Gasteiger partial charge in [-0.1, -0.05) is 17.7 Å². The van der Waals surface area contributed by atoms with Crippen LogP contribution < -0.4 is 15.0 Å². The Hall–Kier alpha value is -3.04. The average molecular weight is 386 g/mol. The van der Waals surface area contributed by atoms with Crippen molar-refractivity contribution in [1.82, 2.24) is 0 Å². The van der Waals surface area contributed by atoms with E-state index in [1.807, 2.05) is 13.0 Å². The summed E-state index contributed by atoms with van der Waals surface area (Å²) in [5.41, 5.74) is 2.36. The molecule has 0 heterocycles. The largest absolute Gasteiger partial charge is 0.495 e. The molecule has 0 aliphatic heterocycles. The fourth-order valence-electron chi connectivity index (χ4n) is 2.57. The maximum Gasteiger partial charge on any atom is 0.226 e. The SMILES string of the molecule is COc1cc(Cl)c(C)cc1NC(=O)CCN(C(C)=O)c1cccc(C#N)c1. The number of nitrogens with one attached hydrogen (secondary N) is 1. The van der Waals surface area contributed by atoms with Gasteiger partial charge in [0, 0.05) is 36.7 Å². The van der Waals surface area contributed by atoms with Crippen molar-refractivity contribution in [3.63, 3.8) is 0 Å². The van der Waals surface area contributed by atoms with Gasteiger partial charge in [-0.25, -0.2) is 0 Å². The molecule has 2 amide bonds. The summed E-state index contributed by atoms with van der Waals surface area (Å²) in [5, 5.41) is 12.3. The van der Waals surface area contributed by atoms with Gasteiger partial charge < -0.3 is 15.0 Å². The lowest BCUT2D eigenvalue weighted by Crippen LogP contribution is -2.32. The molecule has 0 fully saturated rings. The highest BCUT2D eigenvalue weighted by molar-refractivity contribution is 6.31. The number of methoxy groups -OCH3 is 1. The molecular weight excluding hydrogens is 366 g/mol. The first-order valence-corrected chi connectivity index (χ1v) is 8.65. The normalized spacial score (nSPS) is 10.0. The first-order valence-electron chi connectivity index (χ1n) is 8.28. The molecule has 0 aliphatic carbocycles. The number of carbonyl (C=O) groups is 2. The van der Waals surface area contributed by atoms with Gasteiger partial charge in [-0.05, 0) is 36.8 Å². The Morgan fingerprint density at radius 1 is 1.30 bits per heavy atom. The Bertz CT molecular complexity index is 906. The van der Waals surface area contributed by atoms with E-state index in [4.69, 9.17) is 21.6 Å². The van der Waals surface area contributed by atoms with Crippen LogP contribution in [0.15, 0.2) is 36.4 Å². The van der Waals surface area contributed by atoms with Crippen molar-refractivity contribution in [3.05, 3.63) is 52.5 Å². The van der Waals surface area contributed by atoms with Crippen molar-refractivity contribution in [2.24, 2.45) is 0 Å². The van der Waals surface area contributed by atoms with E-state index >= 15 is 0 Å². The van der Waals surface area contributed by atoms with Gasteiger partial charge in [0.1, 0.15) is 5.75 Å². The van der Waals surface area contributed by atoms with Crippen molar-refractivity contribution in [2.45, 2.75) is 20.3 Å². The topological polar surface area (TPSA) is 82.4 Å².